The lowest BCUT2D eigenvalue weighted by molar-refractivity contribution is -0.102. The van der Waals surface area contributed by atoms with Crippen LogP contribution >= 0.6 is 23.4 Å². The average Bonchev–Trinajstić information content (AvgIpc) is 3.62. The molecule has 1 fully saturated rings. The number of pyridine rings is 1. The lowest BCUT2D eigenvalue weighted by Gasteiger charge is -2.30. The Morgan fingerprint density at radius 3 is 2.70 bits per heavy atom. The Morgan fingerprint density at radius 2 is 2.20 bits per heavy atom. The van der Waals surface area contributed by atoms with E-state index in [1.807, 2.05) is 25.4 Å². The third kappa shape index (κ3) is 6.67. The molecule has 0 aromatic carbocycles. The number of nitrogens with zero attached hydrogens (tertiary/aromatic N) is 5. The zero-order valence-corrected chi connectivity index (χ0v) is 19.5. The number of alkyl halides is 1. The molecule has 1 N–H and O–H groups in total. The predicted octanol–water partition coefficient (Wildman–Crippen LogP) is 3.75. The van der Waals surface area contributed by atoms with Crippen molar-refractivity contribution >= 4 is 48.0 Å². The molecule has 0 spiro atoms. The second-order valence-corrected chi connectivity index (χ2v) is 8.16. The average molecular weight is 449 g/mol. The van der Waals surface area contributed by atoms with Crippen molar-refractivity contribution < 1.29 is 4.79 Å². The summed E-state index contributed by atoms with van der Waals surface area (Å²) in [5.41, 5.74) is 1.94. The topological polar surface area (TPSA) is 82.3 Å². The monoisotopic (exact) mass is 448 g/mol. The number of aromatic nitrogens is 1. The van der Waals surface area contributed by atoms with Crippen LogP contribution in [0.25, 0.3) is 0 Å². The minimum Gasteiger partial charge on any atom is -0.355 e. The van der Waals surface area contributed by atoms with Crippen LogP contribution in [0.4, 0.5) is 0 Å². The summed E-state index contributed by atoms with van der Waals surface area (Å²) in [7, 11) is 1.97. The fraction of sp³-hybridized carbons (Fsp3) is 0.476. The highest BCUT2D eigenvalue weighted by atomic mass is 35.5. The molecule has 1 atom stereocenters. The molecule has 1 unspecified atom stereocenters. The molecule has 1 saturated carbocycles. The molecule has 9 heteroatoms. The van der Waals surface area contributed by atoms with Gasteiger partial charge in [0.1, 0.15) is 11.7 Å². The van der Waals surface area contributed by atoms with Crippen molar-refractivity contribution in [3.8, 4) is 0 Å². The number of aliphatic imine (C=N–C) groups is 3. The van der Waals surface area contributed by atoms with Gasteiger partial charge in [0.15, 0.2) is 18.0 Å². The summed E-state index contributed by atoms with van der Waals surface area (Å²) in [5.74, 6) is 1.42. The third-order valence-corrected chi connectivity index (χ3v) is 5.92. The van der Waals surface area contributed by atoms with Crippen LogP contribution in [0.1, 0.15) is 32.4 Å². The first-order valence-corrected chi connectivity index (χ1v) is 11.5. The van der Waals surface area contributed by atoms with E-state index in [-0.39, 0.29) is 24.4 Å². The van der Waals surface area contributed by atoms with Crippen molar-refractivity contribution in [2.24, 2.45) is 20.9 Å². The molecule has 0 saturated heterocycles. The molecule has 0 bridgehead atoms. The Hall–Kier alpha value is -2.19. The molecule has 0 radical (unpaired) electrons. The van der Waals surface area contributed by atoms with E-state index in [1.165, 1.54) is 12.8 Å². The van der Waals surface area contributed by atoms with Gasteiger partial charge in [-0.2, -0.15) is 0 Å². The van der Waals surface area contributed by atoms with E-state index in [0.29, 0.717) is 29.4 Å². The highest BCUT2D eigenvalue weighted by Gasteiger charge is 2.33. The summed E-state index contributed by atoms with van der Waals surface area (Å²) in [4.78, 5) is 32.1. The first kappa shape index (κ1) is 24.1. The van der Waals surface area contributed by atoms with Crippen LogP contribution in [-0.4, -0.2) is 59.9 Å². The van der Waals surface area contributed by atoms with Crippen LogP contribution in [0.15, 0.2) is 49.6 Å². The lowest BCUT2D eigenvalue weighted by Crippen LogP contribution is -2.42. The van der Waals surface area contributed by atoms with Crippen molar-refractivity contribution in [3.63, 3.8) is 0 Å². The normalized spacial score (nSPS) is 16.6. The fourth-order valence-electron chi connectivity index (χ4n) is 2.92. The predicted molar refractivity (Wildman–Crippen MR) is 127 cm³/mol. The molecule has 7 nitrogen and oxygen atoms in total. The molecule has 0 aliphatic heterocycles. The number of hydrogen-bond acceptors (Lipinski definition) is 6. The number of hydrogen-bond donors (Lipinski definition) is 1. The van der Waals surface area contributed by atoms with Gasteiger partial charge in [0.2, 0.25) is 0 Å². The first-order valence-electron chi connectivity index (χ1n) is 9.71. The number of amidine groups is 2. The molecule has 162 valence electrons. The Morgan fingerprint density at radius 1 is 1.47 bits per heavy atom. The van der Waals surface area contributed by atoms with Gasteiger partial charge in [-0.25, -0.2) is 0 Å². The minimum absolute atomic E-state index is 0.0892. The standard InChI is InChI=1S/C21H29ClN6OS/c1-14(23-3)20(21(26-13-22)28(4)15(2)16-6-7-16)27-19(12-29)25-10-17-8-9-18(30-5)11-24-17/h8-9,11-12,15-16H,3,6-7,10,13H2,1-2,4-5H3,(H,25,27)/b20-14+,26-21?. The van der Waals surface area contributed by atoms with Crippen molar-refractivity contribution in [2.75, 3.05) is 19.3 Å². The summed E-state index contributed by atoms with van der Waals surface area (Å²) in [6.07, 6.45) is 6.87. The Kier molecular flexibility index (Phi) is 9.52. The summed E-state index contributed by atoms with van der Waals surface area (Å²) in [5, 5.41) is 3.09. The maximum atomic E-state index is 11.7. The quantitative estimate of drug-likeness (QED) is 0.147. The van der Waals surface area contributed by atoms with E-state index in [9.17, 15) is 4.79 Å². The third-order valence-electron chi connectivity index (χ3n) is 5.09. The van der Waals surface area contributed by atoms with Gasteiger partial charge >= 0.3 is 0 Å². The van der Waals surface area contributed by atoms with E-state index in [2.05, 4.69) is 43.8 Å². The smallest absolute Gasteiger partial charge is 0.185 e. The van der Waals surface area contributed by atoms with E-state index in [0.717, 1.165) is 10.6 Å². The van der Waals surface area contributed by atoms with Crippen molar-refractivity contribution in [1.29, 1.82) is 0 Å². The Bertz CT molecular complexity index is 832. The largest absolute Gasteiger partial charge is 0.355 e. The van der Waals surface area contributed by atoms with E-state index < -0.39 is 0 Å². The Labute approximate surface area is 187 Å². The number of likely N-dealkylation sites (N-methyl/N-ethyl adjacent to an activating group) is 1. The summed E-state index contributed by atoms with van der Waals surface area (Å²) >= 11 is 7.57. The van der Waals surface area contributed by atoms with Gasteiger partial charge < -0.3 is 10.2 Å². The second kappa shape index (κ2) is 11.9. The van der Waals surface area contributed by atoms with Gasteiger partial charge in [-0.15, -0.1) is 23.4 Å². The van der Waals surface area contributed by atoms with Crippen LogP contribution < -0.4 is 5.32 Å². The molecule has 1 aromatic rings. The minimum atomic E-state index is 0.0892. The molecule has 30 heavy (non-hydrogen) atoms. The summed E-state index contributed by atoms with van der Waals surface area (Å²) < 4.78 is 0. The number of aldehydes is 1. The highest BCUT2D eigenvalue weighted by Crippen LogP contribution is 2.35. The van der Waals surface area contributed by atoms with Gasteiger partial charge in [0.05, 0.1) is 17.9 Å². The SMILES string of the molecule is C=N/C(C)=C(/NC(C=O)=NCc1ccc(SC)cn1)C(=NCCl)N(C)C(C)C1CC1. The first-order chi connectivity index (χ1) is 14.4. The van der Waals surface area contributed by atoms with Crippen molar-refractivity contribution in [3.05, 3.63) is 35.4 Å². The van der Waals surface area contributed by atoms with E-state index in [4.69, 9.17) is 11.6 Å². The Balaban J connectivity index is 2.26. The van der Waals surface area contributed by atoms with Gasteiger partial charge in [0, 0.05) is 24.2 Å². The van der Waals surface area contributed by atoms with Crippen molar-refractivity contribution in [2.45, 2.75) is 44.2 Å². The van der Waals surface area contributed by atoms with Gasteiger partial charge in [-0.05, 0) is 57.7 Å². The summed E-state index contributed by atoms with van der Waals surface area (Å²) in [6.45, 7) is 7.87. The number of carbonyl (C=O) groups is 1. The van der Waals surface area contributed by atoms with E-state index >= 15 is 0 Å². The fourth-order valence-corrected chi connectivity index (χ4v) is 3.40. The molecule has 2 rings (SSSR count). The highest BCUT2D eigenvalue weighted by molar-refractivity contribution is 7.98. The molecule has 1 aromatic heterocycles. The van der Waals surface area contributed by atoms with Crippen LogP contribution in [-0.2, 0) is 11.3 Å². The number of carbonyl (C=O) groups excluding carboxylic acids is 1. The molecule has 1 aliphatic carbocycles. The van der Waals surface area contributed by atoms with Crippen molar-refractivity contribution in [1.82, 2.24) is 15.2 Å². The number of halogens is 1. The van der Waals surface area contributed by atoms with Gasteiger partial charge in [0.25, 0.3) is 0 Å². The number of rotatable bonds is 10. The van der Waals surface area contributed by atoms with Gasteiger partial charge in [-0.3, -0.25) is 24.8 Å². The molecular formula is C21H29ClN6OS. The van der Waals surface area contributed by atoms with E-state index in [1.54, 1.807) is 24.9 Å². The molecule has 1 aliphatic rings. The molecule has 1 heterocycles. The maximum Gasteiger partial charge on any atom is 0.185 e. The summed E-state index contributed by atoms with van der Waals surface area (Å²) in [6, 6.07) is 4.26. The van der Waals surface area contributed by atoms with Gasteiger partial charge in [-0.1, -0.05) is 0 Å². The molecule has 0 amide bonds. The maximum absolute atomic E-state index is 11.7. The van der Waals surface area contributed by atoms with Crippen LogP contribution in [0.3, 0.4) is 0 Å². The van der Waals surface area contributed by atoms with Crippen LogP contribution in [0, 0.1) is 5.92 Å². The van der Waals surface area contributed by atoms with Crippen LogP contribution in [0.5, 0.6) is 0 Å². The zero-order valence-electron chi connectivity index (χ0n) is 17.9. The number of nitrogens with one attached hydrogen (secondary N) is 1. The second-order valence-electron chi connectivity index (χ2n) is 7.04. The van der Waals surface area contributed by atoms with Crippen LogP contribution in [0.2, 0.25) is 0 Å². The lowest BCUT2D eigenvalue weighted by atomic mass is 10.1. The number of allylic oxidation sites excluding steroid dienone is 1. The number of thioether (sulfide) groups is 1. The zero-order chi connectivity index (χ0) is 22.1. The molecular weight excluding hydrogens is 420 g/mol.